The molecule has 0 aliphatic heterocycles. The average molecular weight is 506 g/mol. The summed E-state index contributed by atoms with van der Waals surface area (Å²) in [4.78, 5) is 0. The van der Waals surface area contributed by atoms with Gasteiger partial charge in [-0.25, -0.2) is 0 Å². The molecule has 7 aliphatic carbocycles. The van der Waals surface area contributed by atoms with Gasteiger partial charge in [-0.05, 0) is 47.2 Å². The van der Waals surface area contributed by atoms with Crippen LogP contribution in [0.1, 0.15) is 67.5 Å². The fourth-order valence-electron chi connectivity index (χ4n) is 6.02. The van der Waals surface area contributed by atoms with Crippen molar-refractivity contribution in [2.24, 2.45) is 0 Å². The largest absolute Gasteiger partial charge is 0.340 e. The summed E-state index contributed by atoms with van der Waals surface area (Å²) in [5, 5.41) is 0. The van der Waals surface area contributed by atoms with Crippen LogP contribution in [0.5, 0.6) is 0 Å². The number of allylic oxidation sites excluding steroid dienone is 2. The van der Waals surface area contributed by atoms with Gasteiger partial charge in [-0.15, -0.1) is 0 Å². The van der Waals surface area contributed by atoms with Crippen molar-refractivity contribution in [1.29, 1.82) is 0 Å². The maximum atomic E-state index is 15.8. The normalized spacial score (nSPS) is 25.2. The van der Waals surface area contributed by atoms with Crippen LogP contribution in [0.2, 0.25) is 0 Å². The van der Waals surface area contributed by atoms with Crippen LogP contribution in [0, 0.1) is 13.8 Å². The van der Waals surface area contributed by atoms with Crippen molar-refractivity contribution in [2.75, 3.05) is 0 Å². The highest BCUT2D eigenvalue weighted by Gasteiger charge is 2.64. The molecular weight excluding hydrogens is 488 g/mol. The summed E-state index contributed by atoms with van der Waals surface area (Å²) in [6.45, 7) is 3.43. The first-order valence-corrected chi connectivity index (χ1v) is 11.3. The van der Waals surface area contributed by atoms with E-state index in [0.29, 0.717) is 58.7 Å². The summed E-state index contributed by atoms with van der Waals surface area (Å²) in [7, 11) is 0. The zero-order valence-corrected chi connectivity index (χ0v) is 19.0. The molecule has 6 bridgehead atoms. The zero-order chi connectivity index (χ0) is 26.0. The summed E-state index contributed by atoms with van der Waals surface area (Å²) in [5.41, 5.74) is -3.21. The molecule has 0 radical (unpaired) electrons. The van der Waals surface area contributed by atoms with Crippen LogP contribution in [0.3, 0.4) is 0 Å². The number of rotatable bonds is 0. The van der Waals surface area contributed by atoms with E-state index in [1.165, 1.54) is 12.2 Å². The third kappa shape index (κ3) is 2.55. The van der Waals surface area contributed by atoms with Crippen LogP contribution >= 0.6 is 0 Å². The Balaban J connectivity index is 1.78. The van der Waals surface area contributed by atoms with Crippen molar-refractivity contribution in [1.82, 2.24) is 0 Å². The standard InChI is InChI=1S/C28H18F8/c1-13-3-4-14(2)22-18-10-9-17(21(13)22)23-19-11-12-20(24(18)23)28(35,36)26(31,32)16-7-5-15(6-8-16)25(29,30)27(19,33)34/h3-12,17-18H,1-2H3/t17-,18+. The average Bonchev–Trinajstić information content (AvgIpc) is 2.84. The number of benzene rings is 3. The van der Waals surface area contributed by atoms with Crippen LogP contribution in [0.4, 0.5) is 35.1 Å². The van der Waals surface area contributed by atoms with Gasteiger partial charge in [0.25, 0.3) is 0 Å². The van der Waals surface area contributed by atoms with Gasteiger partial charge in [0.2, 0.25) is 0 Å². The van der Waals surface area contributed by atoms with Crippen molar-refractivity contribution in [3.05, 3.63) is 116 Å². The monoisotopic (exact) mass is 506 g/mol. The minimum atomic E-state index is -4.81. The number of halogens is 8. The lowest BCUT2D eigenvalue weighted by Crippen LogP contribution is -2.42. The van der Waals surface area contributed by atoms with Gasteiger partial charge in [0.15, 0.2) is 0 Å². The van der Waals surface area contributed by atoms with Crippen molar-refractivity contribution in [3.63, 3.8) is 0 Å². The second kappa shape index (κ2) is 6.78. The Morgan fingerprint density at radius 1 is 0.444 bits per heavy atom. The van der Waals surface area contributed by atoms with E-state index in [9.17, 15) is 0 Å². The summed E-state index contributed by atoms with van der Waals surface area (Å²) in [6.07, 6.45) is 3.03. The number of alkyl halides is 8. The summed E-state index contributed by atoms with van der Waals surface area (Å²) in [5.74, 6) is -21.3. The van der Waals surface area contributed by atoms with E-state index < -0.39 is 68.9 Å². The highest BCUT2D eigenvalue weighted by atomic mass is 19.3. The second-order valence-electron chi connectivity index (χ2n) is 9.73. The predicted octanol–water partition coefficient (Wildman–Crippen LogP) is 8.53. The lowest BCUT2D eigenvalue weighted by Gasteiger charge is -2.43. The van der Waals surface area contributed by atoms with Crippen LogP contribution < -0.4 is 0 Å². The van der Waals surface area contributed by atoms with Crippen molar-refractivity contribution in [2.45, 2.75) is 49.4 Å². The lowest BCUT2D eigenvalue weighted by atomic mass is 9.62. The van der Waals surface area contributed by atoms with Gasteiger partial charge in [-0.3, -0.25) is 0 Å². The van der Waals surface area contributed by atoms with E-state index in [-0.39, 0.29) is 0 Å². The fraction of sp³-hybridized carbons (Fsp3) is 0.286. The molecule has 0 saturated heterocycles. The van der Waals surface area contributed by atoms with E-state index in [1.54, 1.807) is 26.0 Å². The Hall–Kier alpha value is -3.16. The molecule has 0 nitrogen and oxygen atoms in total. The maximum Gasteiger partial charge on any atom is 0.340 e. The molecule has 0 unspecified atom stereocenters. The summed E-state index contributed by atoms with van der Waals surface area (Å²) >= 11 is 0. The molecule has 0 saturated carbocycles. The van der Waals surface area contributed by atoms with Crippen LogP contribution in [-0.2, 0) is 23.7 Å². The maximum absolute atomic E-state index is 15.8. The van der Waals surface area contributed by atoms with Crippen LogP contribution in [0.15, 0.2) is 60.7 Å². The van der Waals surface area contributed by atoms with Crippen molar-refractivity contribution in [3.8, 4) is 0 Å². The minimum absolute atomic E-state index is 0.364. The van der Waals surface area contributed by atoms with Gasteiger partial charge in [0.05, 0.1) is 0 Å². The molecule has 0 spiro atoms. The van der Waals surface area contributed by atoms with Gasteiger partial charge in [-0.2, -0.15) is 35.1 Å². The fourth-order valence-corrected chi connectivity index (χ4v) is 6.02. The van der Waals surface area contributed by atoms with Crippen molar-refractivity contribution >= 4 is 0 Å². The Morgan fingerprint density at radius 3 is 1.11 bits per heavy atom. The molecule has 10 rings (SSSR count). The first-order chi connectivity index (χ1) is 16.7. The highest BCUT2D eigenvalue weighted by molar-refractivity contribution is 5.68. The Morgan fingerprint density at radius 2 is 0.778 bits per heavy atom. The Labute approximate surface area is 201 Å². The molecule has 8 heteroatoms. The third-order valence-corrected chi connectivity index (χ3v) is 7.83. The molecule has 0 aromatic heterocycles. The van der Waals surface area contributed by atoms with Crippen LogP contribution in [0.25, 0.3) is 0 Å². The van der Waals surface area contributed by atoms with Gasteiger partial charge >= 0.3 is 23.7 Å². The predicted molar refractivity (Wildman–Crippen MR) is 117 cm³/mol. The Kier molecular flexibility index (Phi) is 4.38. The number of hydrogen-bond acceptors (Lipinski definition) is 0. The highest BCUT2D eigenvalue weighted by Crippen LogP contribution is 2.62. The molecule has 0 amide bonds. The van der Waals surface area contributed by atoms with Gasteiger partial charge in [-0.1, -0.05) is 60.7 Å². The number of aryl methyl sites for hydroxylation is 2. The number of hydrogen-bond donors (Lipinski definition) is 0. The third-order valence-electron chi connectivity index (χ3n) is 7.83. The molecule has 186 valence electrons. The van der Waals surface area contributed by atoms with E-state index in [2.05, 4.69) is 0 Å². The van der Waals surface area contributed by atoms with Gasteiger partial charge < -0.3 is 0 Å². The molecule has 0 N–H and O–H groups in total. The zero-order valence-electron chi connectivity index (χ0n) is 19.0. The SMILES string of the molecule is Cc1ccc(C)c2c1[C@H]1C=C[C@@H]2c2c3ccc(c21)C(F)(F)C(F)(F)c1ccc(cc1)C(F)(F)C3(F)F. The smallest absolute Gasteiger partial charge is 0.194 e. The first-order valence-electron chi connectivity index (χ1n) is 11.3. The van der Waals surface area contributed by atoms with E-state index in [4.69, 9.17) is 0 Å². The Bertz CT molecular complexity index is 1350. The second-order valence-corrected chi connectivity index (χ2v) is 9.73. The topological polar surface area (TPSA) is 0 Å². The van der Waals surface area contributed by atoms with E-state index in [1.807, 2.05) is 0 Å². The summed E-state index contributed by atoms with van der Waals surface area (Å²) < 4.78 is 125. The molecule has 0 fully saturated rings. The minimum Gasteiger partial charge on any atom is -0.194 e. The summed E-state index contributed by atoms with van der Waals surface area (Å²) in [6, 6.07) is 5.87. The molecule has 2 atom stereocenters. The molecule has 3 aromatic carbocycles. The van der Waals surface area contributed by atoms with Gasteiger partial charge in [0.1, 0.15) is 0 Å². The van der Waals surface area contributed by atoms with E-state index in [0.717, 1.165) is 0 Å². The molecule has 3 aromatic rings. The molecule has 0 heterocycles. The van der Waals surface area contributed by atoms with Crippen molar-refractivity contribution < 1.29 is 35.1 Å². The molecule has 7 aliphatic rings. The van der Waals surface area contributed by atoms with Crippen LogP contribution in [-0.4, -0.2) is 0 Å². The molecule has 36 heavy (non-hydrogen) atoms. The lowest BCUT2D eigenvalue weighted by molar-refractivity contribution is -0.228. The quantitative estimate of drug-likeness (QED) is 0.212. The van der Waals surface area contributed by atoms with E-state index >= 15 is 35.1 Å². The van der Waals surface area contributed by atoms with Gasteiger partial charge in [0, 0.05) is 34.1 Å². The first kappa shape index (κ1) is 23.3. The molecular formula is C28H18F8.